The zero-order chi connectivity index (χ0) is 19.2. The average Bonchev–Trinajstić information content (AvgIpc) is 2.69. The third kappa shape index (κ3) is 4.30. The van der Waals surface area contributed by atoms with E-state index >= 15 is 0 Å². The Morgan fingerprint density at radius 3 is 2.41 bits per heavy atom. The largest absolute Gasteiger partial charge is 0.507 e. The summed E-state index contributed by atoms with van der Waals surface area (Å²) in [4.78, 5) is 28.6. The van der Waals surface area contributed by atoms with Gasteiger partial charge in [0.05, 0.1) is 11.1 Å². The van der Waals surface area contributed by atoms with Gasteiger partial charge in [-0.25, -0.2) is 4.98 Å². The van der Waals surface area contributed by atoms with Crippen molar-refractivity contribution in [3.05, 3.63) is 89.1 Å². The van der Waals surface area contributed by atoms with Gasteiger partial charge in [-0.2, -0.15) is 0 Å². The average molecular weight is 361 g/mol. The molecule has 0 radical (unpaired) electrons. The molecule has 0 spiro atoms. The van der Waals surface area contributed by atoms with Crippen LogP contribution < -0.4 is 11.1 Å². The maximum Gasteiger partial charge on any atom is 0.252 e. The fourth-order valence-electron chi connectivity index (χ4n) is 2.71. The number of ketones is 1. The van der Waals surface area contributed by atoms with E-state index in [2.05, 4.69) is 10.3 Å². The smallest absolute Gasteiger partial charge is 0.252 e. The Hall–Kier alpha value is -3.67. The molecule has 2 aromatic carbocycles. The number of nitrogens with zero attached hydrogens (tertiary/aromatic N) is 1. The minimum atomic E-state index is -0.684. The van der Waals surface area contributed by atoms with Gasteiger partial charge in [0.1, 0.15) is 11.6 Å². The molecule has 0 fully saturated rings. The van der Waals surface area contributed by atoms with E-state index in [4.69, 9.17) is 5.73 Å². The molecule has 0 atom stereocenters. The lowest BCUT2D eigenvalue weighted by Gasteiger charge is -2.11. The predicted molar refractivity (Wildman–Crippen MR) is 103 cm³/mol. The minimum absolute atomic E-state index is 0.129. The summed E-state index contributed by atoms with van der Waals surface area (Å²) < 4.78 is 0. The Labute approximate surface area is 156 Å². The molecular weight excluding hydrogens is 342 g/mol. The molecule has 1 aromatic heterocycles. The minimum Gasteiger partial charge on any atom is -0.507 e. The second-order valence-electron chi connectivity index (χ2n) is 5.99. The topological polar surface area (TPSA) is 105 Å². The van der Waals surface area contributed by atoms with Gasteiger partial charge in [0, 0.05) is 18.3 Å². The highest BCUT2D eigenvalue weighted by Crippen LogP contribution is 2.22. The summed E-state index contributed by atoms with van der Waals surface area (Å²) in [5.41, 5.74) is 7.05. The summed E-state index contributed by atoms with van der Waals surface area (Å²) in [7, 11) is 0. The molecule has 0 unspecified atom stereocenters. The van der Waals surface area contributed by atoms with E-state index in [0.717, 1.165) is 12.0 Å². The molecule has 3 aromatic rings. The number of pyridine rings is 1. The number of benzene rings is 2. The van der Waals surface area contributed by atoms with Gasteiger partial charge in [-0.15, -0.1) is 0 Å². The predicted octanol–water partition coefficient (Wildman–Crippen LogP) is 2.77. The van der Waals surface area contributed by atoms with Crippen molar-refractivity contribution in [2.75, 3.05) is 11.9 Å². The van der Waals surface area contributed by atoms with E-state index in [1.165, 1.54) is 24.4 Å². The van der Waals surface area contributed by atoms with Crippen molar-refractivity contribution in [2.45, 2.75) is 6.42 Å². The first-order chi connectivity index (χ1) is 13.1. The molecular formula is C21H19N3O3. The molecule has 136 valence electrons. The van der Waals surface area contributed by atoms with Crippen LogP contribution in [0, 0.1) is 0 Å². The third-order valence-corrected chi connectivity index (χ3v) is 4.11. The van der Waals surface area contributed by atoms with Gasteiger partial charge in [0.2, 0.25) is 0 Å². The van der Waals surface area contributed by atoms with Crippen LogP contribution in [0.2, 0.25) is 0 Å². The normalized spacial score (nSPS) is 10.4. The highest BCUT2D eigenvalue weighted by atomic mass is 16.3. The molecule has 0 saturated heterocycles. The molecule has 0 aliphatic heterocycles. The SMILES string of the molecule is NC(=O)c1cc(C(=O)c2ccccc2O)cnc1NCCc1ccccc1. The van der Waals surface area contributed by atoms with E-state index in [0.29, 0.717) is 12.4 Å². The first kappa shape index (κ1) is 18.1. The zero-order valence-electron chi connectivity index (χ0n) is 14.6. The second kappa shape index (κ2) is 8.14. The summed E-state index contributed by atoms with van der Waals surface area (Å²) in [6.45, 7) is 0.560. The number of nitrogens with one attached hydrogen (secondary N) is 1. The summed E-state index contributed by atoms with van der Waals surface area (Å²) >= 11 is 0. The Balaban J connectivity index is 1.79. The lowest BCUT2D eigenvalue weighted by molar-refractivity contribution is 0.100. The van der Waals surface area contributed by atoms with Gasteiger partial charge < -0.3 is 16.2 Å². The number of para-hydroxylation sites is 1. The van der Waals surface area contributed by atoms with Crippen LogP contribution in [0.1, 0.15) is 31.8 Å². The van der Waals surface area contributed by atoms with Crippen LogP contribution in [-0.2, 0) is 6.42 Å². The Morgan fingerprint density at radius 1 is 1.00 bits per heavy atom. The van der Waals surface area contributed by atoms with Gasteiger partial charge in [0.15, 0.2) is 5.78 Å². The molecule has 0 bridgehead atoms. The van der Waals surface area contributed by atoms with Crippen molar-refractivity contribution in [1.29, 1.82) is 0 Å². The van der Waals surface area contributed by atoms with Crippen LogP contribution in [0.25, 0.3) is 0 Å². The molecule has 27 heavy (non-hydrogen) atoms. The molecule has 1 heterocycles. The first-order valence-corrected chi connectivity index (χ1v) is 8.46. The fraction of sp³-hybridized carbons (Fsp3) is 0.0952. The Morgan fingerprint density at radius 2 is 1.70 bits per heavy atom. The Kier molecular flexibility index (Phi) is 5.47. The quantitative estimate of drug-likeness (QED) is 0.561. The Bertz CT molecular complexity index is 971. The number of nitrogens with two attached hydrogens (primary N) is 1. The van der Waals surface area contributed by atoms with Gasteiger partial charge in [-0.05, 0) is 30.2 Å². The number of carbonyl (C=O) groups excluding carboxylic acids is 2. The number of phenolic OH excluding ortho intramolecular Hbond substituents is 1. The number of aromatic nitrogens is 1. The lowest BCUT2D eigenvalue weighted by atomic mass is 10.0. The van der Waals surface area contributed by atoms with E-state index < -0.39 is 11.7 Å². The highest BCUT2D eigenvalue weighted by molar-refractivity contribution is 6.12. The standard InChI is InChI=1S/C21H19N3O3/c22-20(27)17-12-15(19(26)16-8-4-5-9-18(16)25)13-24-21(17)23-11-10-14-6-2-1-3-7-14/h1-9,12-13,25H,10-11H2,(H2,22,27)(H,23,24). The fourth-order valence-corrected chi connectivity index (χ4v) is 2.71. The number of carbonyl (C=O) groups is 2. The summed E-state index contributed by atoms with van der Waals surface area (Å²) in [6.07, 6.45) is 2.12. The van der Waals surface area contributed by atoms with Crippen LogP contribution in [0.15, 0.2) is 66.9 Å². The van der Waals surface area contributed by atoms with E-state index in [-0.39, 0.29) is 22.4 Å². The van der Waals surface area contributed by atoms with Gasteiger partial charge >= 0.3 is 0 Å². The third-order valence-electron chi connectivity index (χ3n) is 4.11. The molecule has 6 nitrogen and oxygen atoms in total. The molecule has 6 heteroatoms. The number of anilines is 1. The summed E-state index contributed by atoms with van der Waals surface area (Å²) in [5, 5.41) is 12.9. The zero-order valence-corrected chi connectivity index (χ0v) is 14.6. The molecule has 1 amide bonds. The van der Waals surface area contributed by atoms with Crippen molar-refractivity contribution in [3.8, 4) is 5.75 Å². The molecule has 0 aliphatic carbocycles. The lowest BCUT2D eigenvalue weighted by Crippen LogP contribution is -2.18. The van der Waals surface area contributed by atoms with Crippen molar-refractivity contribution < 1.29 is 14.7 Å². The summed E-state index contributed by atoms with van der Waals surface area (Å²) in [5.74, 6) is -0.920. The van der Waals surface area contributed by atoms with Crippen LogP contribution in [-0.4, -0.2) is 28.3 Å². The van der Waals surface area contributed by atoms with E-state index in [1.807, 2.05) is 30.3 Å². The monoisotopic (exact) mass is 361 g/mol. The molecule has 0 saturated carbocycles. The van der Waals surface area contributed by atoms with Crippen molar-refractivity contribution in [1.82, 2.24) is 4.98 Å². The van der Waals surface area contributed by atoms with Gasteiger partial charge in [-0.3, -0.25) is 9.59 Å². The van der Waals surface area contributed by atoms with E-state index in [9.17, 15) is 14.7 Å². The van der Waals surface area contributed by atoms with Crippen molar-refractivity contribution in [3.63, 3.8) is 0 Å². The maximum absolute atomic E-state index is 12.6. The number of phenols is 1. The molecule has 0 aliphatic rings. The summed E-state index contributed by atoms with van der Waals surface area (Å²) in [6, 6.07) is 17.5. The van der Waals surface area contributed by atoms with E-state index in [1.54, 1.807) is 12.1 Å². The maximum atomic E-state index is 12.6. The first-order valence-electron chi connectivity index (χ1n) is 8.46. The number of rotatable bonds is 7. The number of hydrogen-bond acceptors (Lipinski definition) is 5. The highest BCUT2D eigenvalue weighted by Gasteiger charge is 2.17. The second-order valence-corrected chi connectivity index (χ2v) is 5.99. The van der Waals surface area contributed by atoms with Gasteiger partial charge in [-0.1, -0.05) is 42.5 Å². The van der Waals surface area contributed by atoms with Crippen LogP contribution >= 0.6 is 0 Å². The number of primary amides is 1. The van der Waals surface area contributed by atoms with Crippen LogP contribution in [0.5, 0.6) is 5.75 Å². The molecule has 3 rings (SSSR count). The number of aromatic hydroxyl groups is 1. The van der Waals surface area contributed by atoms with Gasteiger partial charge in [0.25, 0.3) is 5.91 Å². The number of hydrogen-bond donors (Lipinski definition) is 3. The molecule has 4 N–H and O–H groups in total. The van der Waals surface area contributed by atoms with Crippen LogP contribution in [0.4, 0.5) is 5.82 Å². The number of amides is 1. The van der Waals surface area contributed by atoms with Crippen molar-refractivity contribution in [2.24, 2.45) is 5.73 Å². The van der Waals surface area contributed by atoms with Crippen LogP contribution in [0.3, 0.4) is 0 Å². The van der Waals surface area contributed by atoms with Crippen molar-refractivity contribution >= 4 is 17.5 Å².